The maximum absolute atomic E-state index is 12.1. The van der Waals surface area contributed by atoms with Crippen molar-refractivity contribution in [1.29, 1.82) is 5.26 Å². The Labute approximate surface area is 166 Å². The fourth-order valence-corrected chi connectivity index (χ4v) is 5.06. The highest BCUT2D eigenvalue weighted by atomic mass is 32.2. The van der Waals surface area contributed by atoms with Gasteiger partial charge in [0.1, 0.15) is 11.1 Å². The highest BCUT2D eigenvalue weighted by Gasteiger charge is 2.24. The summed E-state index contributed by atoms with van der Waals surface area (Å²) in [7, 11) is 0. The van der Waals surface area contributed by atoms with Gasteiger partial charge in [0, 0.05) is 9.77 Å². The number of hydrogen-bond acceptors (Lipinski definition) is 6. The van der Waals surface area contributed by atoms with E-state index >= 15 is 0 Å². The summed E-state index contributed by atoms with van der Waals surface area (Å²) in [6, 6.07) is 11.7. The molecule has 5 nitrogen and oxygen atoms in total. The highest BCUT2D eigenvalue weighted by molar-refractivity contribution is 8.00. The summed E-state index contributed by atoms with van der Waals surface area (Å²) >= 11 is 2.82. The number of anilines is 1. The first-order valence-electron chi connectivity index (χ1n) is 8.74. The van der Waals surface area contributed by atoms with Crippen molar-refractivity contribution in [3.8, 4) is 6.07 Å². The van der Waals surface area contributed by atoms with Crippen molar-refractivity contribution in [3.05, 3.63) is 46.3 Å². The minimum absolute atomic E-state index is 0.145. The number of nitrogens with one attached hydrogen (secondary N) is 1. The fourth-order valence-electron chi connectivity index (χ4n) is 2.97. The second-order valence-electron chi connectivity index (χ2n) is 6.48. The molecule has 0 unspecified atom stereocenters. The number of hydrogen-bond donors (Lipinski definition) is 1. The summed E-state index contributed by atoms with van der Waals surface area (Å²) < 4.78 is 5.04. The first kappa shape index (κ1) is 19.5. The molecule has 0 bridgehead atoms. The number of thioether (sulfide) groups is 1. The van der Waals surface area contributed by atoms with Gasteiger partial charge in [0.15, 0.2) is 6.61 Å². The molecule has 0 fully saturated rings. The third kappa shape index (κ3) is 5.12. The molecule has 0 aliphatic heterocycles. The van der Waals surface area contributed by atoms with Gasteiger partial charge in [0.05, 0.1) is 11.3 Å². The van der Waals surface area contributed by atoms with Crippen LogP contribution in [0.4, 0.5) is 5.00 Å². The Balaban J connectivity index is 1.51. The maximum Gasteiger partial charge on any atom is 0.316 e. The van der Waals surface area contributed by atoms with Gasteiger partial charge >= 0.3 is 5.97 Å². The molecule has 1 aliphatic rings. The SMILES string of the molecule is C[C@@H]1CCc2c(sc(NC(=O)COC(=O)CSc3ccccc3)c2C#N)C1. The van der Waals surface area contributed by atoms with Crippen LogP contribution in [-0.4, -0.2) is 24.2 Å². The monoisotopic (exact) mass is 400 g/mol. The largest absolute Gasteiger partial charge is 0.455 e. The van der Waals surface area contributed by atoms with Crippen LogP contribution in [0.3, 0.4) is 0 Å². The van der Waals surface area contributed by atoms with Crippen LogP contribution in [0.5, 0.6) is 0 Å². The number of esters is 1. The number of nitrogens with zero attached hydrogens (tertiary/aromatic N) is 1. The Morgan fingerprint density at radius 1 is 1.37 bits per heavy atom. The summed E-state index contributed by atoms with van der Waals surface area (Å²) in [6.07, 6.45) is 2.87. The van der Waals surface area contributed by atoms with Crippen LogP contribution < -0.4 is 5.32 Å². The lowest BCUT2D eigenvalue weighted by molar-refractivity contribution is -0.144. The predicted molar refractivity (Wildman–Crippen MR) is 107 cm³/mol. The van der Waals surface area contributed by atoms with Crippen molar-refractivity contribution < 1.29 is 14.3 Å². The zero-order chi connectivity index (χ0) is 19.2. The molecule has 1 heterocycles. The molecule has 0 radical (unpaired) electrons. The van der Waals surface area contributed by atoms with E-state index in [1.165, 1.54) is 28.0 Å². The van der Waals surface area contributed by atoms with Crippen LogP contribution in [0.15, 0.2) is 35.2 Å². The molecule has 140 valence electrons. The maximum atomic E-state index is 12.1. The Hall–Kier alpha value is -2.30. The molecule has 7 heteroatoms. The van der Waals surface area contributed by atoms with Gasteiger partial charge in [-0.1, -0.05) is 25.1 Å². The standard InChI is InChI=1S/C20H20N2O3S2/c1-13-7-8-15-16(10-21)20(27-17(15)9-13)22-18(23)11-25-19(24)12-26-14-5-3-2-4-6-14/h2-6,13H,7-9,11-12H2,1H3,(H,22,23)/t13-/m1/s1. The number of thiophene rings is 1. The molecular weight excluding hydrogens is 380 g/mol. The van der Waals surface area contributed by atoms with Gasteiger partial charge < -0.3 is 10.1 Å². The summed E-state index contributed by atoms with van der Waals surface area (Å²) in [5.74, 6) is -0.129. The minimum atomic E-state index is -0.446. The van der Waals surface area contributed by atoms with E-state index in [4.69, 9.17) is 4.74 Å². The number of benzene rings is 1. The first-order valence-corrected chi connectivity index (χ1v) is 10.5. The Morgan fingerprint density at radius 3 is 2.89 bits per heavy atom. The Morgan fingerprint density at radius 2 is 2.15 bits per heavy atom. The lowest BCUT2D eigenvalue weighted by Crippen LogP contribution is -2.21. The lowest BCUT2D eigenvalue weighted by atomic mass is 9.89. The molecule has 27 heavy (non-hydrogen) atoms. The molecule has 1 atom stereocenters. The summed E-state index contributed by atoms with van der Waals surface area (Å²) in [4.78, 5) is 26.1. The second-order valence-corrected chi connectivity index (χ2v) is 8.63. The molecule has 0 saturated heterocycles. The van der Waals surface area contributed by atoms with Crippen LogP contribution in [0, 0.1) is 17.2 Å². The second kappa shape index (κ2) is 9.07. The van der Waals surface area contributed by atoms with Crippen LogP contribution >= 0.6 is 23.1 Å². The van der Waals surface area contributed by atoms with Gasteiger partial charge in [-0.3, -0.25) is 9.59 Å². The third-order valence-electron chi connectivity index (χ3n) is 4.34. The molecule has 1 aromatic carbocycles. The van der Waals surface area contributed by atoms with Gasteiger partial charge in [0.2, 0.25) is 0 Å². The summed E-state index contributed by atoms with van der Waals surface area (Å²) in [5, 5.41) is 12.8. The van der Waals surface area contributed by atoms with E-state index in [1.54, 1.807) is 0 Å². The Kier molecular flexibility index (Phi) is 6.54. The van der Waals surface area contributed by atoms with Crippen molar-refractivity contribution in [2.75, 3.05) is 17.7 Å². The van der Waals surface area contributed by atoms with Crippen molar-refractivity contribution >= 4 is 40.0 Å². The van der Waals surface area contributed by atoms with E-state index in [2.05, 4.69) is 18.3 Å². The van der Waals surface area contributed by atoms with Crippen molar-refractivity contribution in [3.63, 3.8) is 0 Å². The molecule has 1 amide bonds. The molecule has 0 spiro atoms. The molecule has 1 N–H and O–H groups in total. The molecule has 1 aliphatic carbocycles. The van der Waals surface area contributed by atoms with Gasteiger partial charge in [-0.25, -0.2) is 0 Å². The minimum Gasteiger partial charge on any atom is -0.455 e. The summed E-state index contributed by atoms with van der Waals surface area (Å²) in [6.45, 7) is 1.85. The highest BCUT2D eigenvalue weighted by Crippen LogP contribution is 2.39. The van der Waals surface area contributed by atoms with Crippen LogP contribution in [0.25, 0.3) is 0 Å². The van der Waals surface area contributed by atoms with E-state index in [0.717, 1.165) is 29.7 Å². The number of rotatable bonds is 6. The quantitative estimate of drug-likeness (QED) is 0.585. The van der Waals surface area contributed by atoms with Crippen LogP contribution in [0.2, 0.25) is 0 Å². The zero-order valence-electron chi connectivity index (χ0n) is 15.0. The van der Waals surface area contributed by atoms with Crippen LogP contribution in [0.1, 0.15) is 29.3 Å². The van der Waals surface area contributed by atoms with E-state index < -0.39 is 11.9 Å². The molecule has 1 aromatic heterocycles. The number of fused-ring (bicyclic) bond motifs is 1. The number of carbonyl (C=O) groups is 2. The number of nitriles is 1. The average molecular weight is 401 g/mol. The molecule has 0 saturated carbocycles. The topological polar surface area (TPSA) is 79.2 Å². The van der Waals surface area contributed by atoms with Crippen molar-refractivity contribution in [2.45, 2.75) is 31.1 Å². The predicted octanol–water partition coefficient (Wildman–Crippen LogP) is 4.02. The first-order chi connectivity index (χ1) is 13.1. The van der Waals surface area contributed by atoms with Gasteiger partial charge in [-0.2, -0.15) is 5.26 Å². The Bertz CT molecular complexity index is 871. The number of ether oxygens (including phenoxy) is 1. The molecule has 2 aromatic rings. The average Bonchev–Trinajstić information content (AvgIpc) is 3.01. The van der Waals surface area contributed by atoms with Crippen molar-refractivity contribution in [1.82, 2.24) is 0 Å². The normalized spacial score (nSPS) is 15.5. The van der Waals surface area contributed by atoms with Gasteiger partial charge in [-0.05, 0) is 42.9 Å². The zero-order valence-corrected chi connectivity index (χ0v) is 16.6. The van der Waals surface area contributed by atoms with E-state index in [0.29, 0.717) is 16.5 Å². The fraction of sp³-hybridized carbons (Fsp3) is 0.350. The smallest absolute Gasteiger partial charge is 0.316 e. The van der Waals surface area contributed by atoms with E-state index in [9.17, 15) is 14.9 Å². The summed E-state index contributed by atoms with van der Waals surface area (Å²) in [5.41, 5.74) is 1.62. The van der Waals surface area contributed by atoms with E-state index in [1.807, 2.05) is 30.3 Å². The third-order valence-corrected chi connectivity index (χ3v) is 6.50. The van der Waals surface area contributed by atoms with Crippen LogP contribution in [-0.2, 0) is 27.2 Å². The number of amides is 1. The van der Waals surface area contributed by atoms with Gasteiger partial charge in [0.25, 0.3) is 5.91 Å². The lowest BCUT2D eigenvalue weighted by Gasteiger charge is -2.17. The molecular formula is C20H20N2O3S2. The molecule has 3 rings (SSSR count). The van der Waals surface area contributed by atoms with E-state index in [-0.39, 0.29) is 12.4 Å². The van der Waals surface area contributed by atoms with Crippen molar-refractivity contribution in [2.24, 2.45) is 5.92 Å². The van der Waals surface area contributed by atoms with Gasteiger partial charge in [-0.15, -0.1) is 23.1 Å². The number of carbonyl (C=O) groups excluding carboxylic acids is 2.